The van der Waals surface area contributed by atoms with Gasteiger partial charge in [-0.2, -0.15) is 0 Å². The molecular formula is C31H38Cl4CoN3. The Morgan fingerprint density at radius 2 is 0.923 bits per heavy atom. The summed E-state index contributed by atoms with van der Waals surface area (Å²) in [5.41, 5.74) is 8.77. The Morgan fingerprint density at radius 1 is 0.615 bits per heavy atom. The Balaban J connectivity index is 0. The van der Waals surface area contributed by atoms with Gasteiger partial charge >= 0.3 is 16.8 Å². The molecule has 0 N–H and O–H groups in total. The van der Waals surface area contributed by atoms with Crippen molar-refractivity contribution in [3.05, 3.63) is 87.2 Å². The van der Waals surface area contributed by atoms with Crippen molar-refractivity contribution < 1.29 is 54.0 Å². The van der Waals surface area contributed by atoms with Gasteiger partial charge in [-0.05, 0) is 60.1 Å². The van der Waals surface area contributed by atoms with Gasteiger partial charge in [0.15, 0.2) is 0 Å². The number of hydrogen-bond acceptors (Lipinski definition) is 3. The molecule has 0 aliphatic carbocycles. The molecule has 2 aromatic carbocycles. The summed E-state index contributed by atoms with van der Waals surface area (Å²) in [6.45, 7) is 8.81. The SMILES string of the molecule is CCCc1cccc(CCC)c1N=Cc1cc(Cl)cc(C=Nc2c(CCC)cccc2CCC)n1.[Cl-].[Cl-].[Cl-].[Co+3]. The van der Waals surface area contributed by atoms with Gasteiger partial charge in [-0.3, -0.25) is 9.98 Å². The van der Waals surface area contributed by atoms with Gasteiger partial charge in [0.25, 0.3) is 0 Å². The molecule has 1 aromatic heterocycles. The second-order valence-corrected chi connectivity index (χ2v) is 9.44. The van der Waals surface area contributed by atoms with E-state index in [0.717, 1.165) is 74.1 Å². The van der Waals surface area contributed by atoms with E-state index < -0.39 is 0 Å². The minimum Gasteiger partial charge on any atom is -1.00 e. The number of benzene rings is 2. The summed E-state index contributed by atoms with van der Waals surface area (Å²) in [7, 11) is 0. The van der Waals surface area contributed by atoms with Crippen LogP contribution in [0.25, 0.3) is 0 Å². The van der Waals surface area contributed by atoms with Crippen LogP contribution in [0.3, 0.4) is 0 Å². The van der Waals surface area contributed by atoms with E-state index in [0.29, 0.717) is 5.02 Å². The summed E-state index contributed by atoms with van der Waals surface area (Å²) < 4.78 is 0. The smallest absolute Gasteiger partial charge is 1.00 e. The number of aromatic nitrogens is 1. The quantitative estimate of drug-likeness (QED) is 0.255. The third-order valence-electron chi connectivity index (χ3n) is 5.97. The van der Waals surface area contributed by atoms with Gasteiger partial charge in [-0.15, -0.1) is 0 Å². The largest absolute Gasteiger partial charge is 3.00 e. The van der Waals surface area contributed by atoms with Gasteiger partial charge in [0, 0.05) is 5.02 Å². The Morgan fingerprint density at radius 3 is 1.21 bits per heavy atom. The molecule has 1 heterocycles. The molecule has 0 radical (unpaired) electrons. The average Bonchev–Trinajstić information content (AvgIpc) is 2.84. The molecule has 3 rings (SSSR count). The van der Waals surface area contributed by atoms with E-state index >= 15 is 0 Å². The second kappa shape index (κ2) is 21.4. The Labute approximate surface area is 269 Å². The number of halogens is 4. The van der Waals surface area contributed by atoms with Gasteiger partial charge in [-0.1, -0.05) is 101 Å². The van der Waals surface area contributed by atoms with Crippen LogP contribution in [0, 0.1) is 0 Å². The summed E-state index contributed by atoms with van der Waals surface area (Å²) in [4.78, 5) is 14.6. The van der Waals surface area contributed by atoms with Crippen LogP contribution in [-0.4, -0.2) is 17.4 Å². The van der Waals surface area contributed by atoms with Crippen LogP contribution in [0.15, 0.2) is 58.5 Å². The topological polar surface area (TPSA) is 37.6 Å². The maximum Gasteiger partial charge on any atom is 3.00 e. The van der Waals surface area contributed by atoms with E-state index in [1.807, 2.05) is 24.6 Å². The predicted molar refractivity (Wildman–Crippen MR) is 153 cm³/mol. The minimum atomic E-state index is 0. The van der Waals surface area contributed by atoms with E-state index in [1.54, 1.807) is 0 Å². The Hall–Kier alpha value is -1.40. The van der Waals surface area contributed by atoms with Crippen LogP contribution in [0.5, 0.6) is 0 Å². The van der Waals surface area contributed by atoms with Crippen molar-refractivity contribution in [2.45, 2.75) is 79.1 Å². The molecule has 3 aromatic rings. The standard InChI is InChI=1S/C31H38ClN3.3ClH.Co/c1-5-11-23-15-9-16-24(12-6-2)30(23)33-21-28-19-27(32)20-29(35-28)22-34-31-25(13-7-3)17-10-18-26(31)14-8-4;;;;/h9-10,15-22H,5-8,11-14H2,1-4H3;3*1H;/q;;;;+3/p-3. The van der Waals surface area contributed by atoms with Crippen molar-refractivity contribution in [1.82, 2.24) is 4.98 Å². The van der Waals surface area contributed by atoms with Crippen molar-refractivity contribution >= 4 is 35.4 Å². The van der Waals surface area contributed by atoms with Gasteiger partial charge in [0.2, 0.25) is 0 Å². The van der Waals surface area contributed by atoms with E-state index in [1.165, 1.54) is 22.3 Å². The molecule has 0 aliphatic heterocycles. The predicted octanol–water partition coefficient (Wildman–Crippen LogP) is 0.0557. The molecule has 0 atom stereocenters. The van der Waals surface area contributed by atoms with Gasteiger partial charge in [-0.25, -0.2) is 4.98 Å². The molecule has 0 aliphatic rings. The normalized spacial score (nSPS) is 10.5. The summed E-state index contributed by atoms with van der Waals surface area (Å²) in [5, 5.41) is 0.633. The van der Waals surface area contributed by atoms with Crippen molar-refractivity contribution in [2.24, 2.45) is 9.98 Å². The van der Waals surface area contributed by atoms with Crippen molar-refractivity contribution in [1.29, 1.82) is 0 Å². The summed E-state index contributed by atoms with van der Waals surface area (Å²) in [6, 6.07) is 16.7. The van der Waals surface area contributed by atoms with Gasteiger partial charge < -0.3 is 37.2 Å². The molecule has 0 saturated heterocycles. The molecule has 0 spiro atoms. The van der Waals surface area contributed by atoms with Crippen LogP contribution < -0.4 is 37.2 Å². The van der Waals surface area contributed by atoms with Crippen molar-refractivity contribution in [3.63, 3.8) is 0 Å². The van der Waals surface area contributed by atoms with E-state index in [-0.39, 0.29) is 54.0 Å². The molecule has 214 valence electrons. The first-order valence-corrected chi connectivity index (χ1v) is 13.4. The van der Waals surface area contributed by atoms with Crippen molar-refractivity contribution in [3.8, 4) is 0 Å². The van der Waals surface area contributed by atoms with Crippen LogP contribution in [0.2, 0.25) is 5.02 Å². The molecule has 0 saturated carbocycles. The summed E-state index contributed by atoms with van der Waals surface area (Å²) in [5.74, 6) is 0. The molecule has 0 fully saturated rings. The van der Waals surface area contributed by atoms with Gasteiger partial charge in [0.1, 0.15) is 0 Å². The number of nitrogens with zero attached hydrogens (tertiary/aromatic N) is 3. The molecule has 8 heteroatoms. The van der Waals surface area contributed by atoms with E-state index in [2.05, 4.69) is 64.1 Å². The van der Waals surface area contributed by atoms with E-state index in [9.17, 15) is 0 Å². The Kier molecular flexibility index (Phi) is 21.8. The number of rotatable bonds is 12. The zero-order chi connectivity index (χ0) is 25.0. The fourth-order valence-corrected chi connectivity index (χ4v) is 4.66. The molecular weight excluding hydrogens is 615 g/mol. The van der Waals surface area contributed by atoms with Gasteiger partial charge in [0.05, 0.1) is 35.2 Å². The minimum absolute atomic E-state index is 0. The molecule has 0 amide bonds. The number of hydrogen-bond donors (Lipinski definition) is 0. The monoisotopic (exact) mass is 651 g/mol. The summed E-state index contributed by atoms with van der Waals surface area (Å²) in [6.07, 6.45) is 12.1. The number of pyridine rings is 1. The van der Waals surface area contributed by atoms with E-state index in [4.69, 9.17) is 26.6 Å². The van der Waals surface area contributed by atoms with Crippen LogP contribution in [-0.2, 0) is 42.5 Å². The molecule has 39 heavy (non-hydrogen) atoms. The number of aliphatic imine (C=N–C) groups is 2. The van der Waals surface area contributed by atoms with Crippen LogP contribution in [0.4, 0.5) is 11.4 Å². The zero-order valence-corrected chi connectivity index (χ0v) is 27.2. The zero-order valence-electron chi connectivity index (χ0n) is 23.1. The number of aryl methyl sites for hydroxylation is 4. The fraction of sp³-hybridized carbons (Fsp3) is 0.387. The second-order valence-electron chi connectivity index (χ2n) is 9.00. The average molecular weight is 653 g/mol. The number of para-hydroxylation sites is 2. The first kappa shape index (κ1) is 39.7. The third kappa shape index (κ3) is 11.9. The van der Waals surface area contributed by atoms with Crippen molar-refractivity contribution in [2.75, 3.05) is 0 Å². The first-order chi connectivity index (χ1) is 17.1. The molecule has 0 bridgehead atoms. The molecule has 3 nitrogen and oxygen atoms in total. The fourth-order valence-electron chi connectivity index (χ4n) is 4.44. The maximum atomic E-state index is 6.47. The summed E-state index contributed by atoms with van der Waals surface area (Å²) >= 11 is 6.47. The Bertz CT molecular complexity index is 1050. The van der Waals surface area contributed by atoms with Crippen LogP contribution >= 0.6 is 11.6 Å². The third-order valence-corrected chi connectivity index (χ3v) is 6.18. The molecule has 0 unspecified atom stereocenters. The maximum absolute atomic E-state index is 6.47. The first-order valence-electron chi connectivity index (χ1n) is 13.1. The van der Waals surface area contributed by atoms with Crippen LogP contribution in [0.1, 0.15) is 87.0 Å².